The summed E-state index contributed by atoms with van der Waals surface area (Å²) in [5.74, 6) is 1.46. The minimum Gasteiger partial charge on any atom is -0.364 e. The molecule has 2 N–H and O–H groups in total. The molecule has 0 aliphatic heterocycles. The monoisotopic (exact) mass is 285 g/mol. The van der Waals surface area contributed by atoms with E-state index in [1.54, 1.807) is 11.3 Å². The summed E-state index contributed by atoms with van der Waals surface area (Å²) in [6, 6.07) is 8.04. The molecule has 102 valence electrons. The summed E-state index contributed by atoms with van der Waals surface area (Å²) in [7, 11) is 1.82. The van der Waals surface area contributed by atoms with E-state index in [-0.39, 0.29) is 0 Å². The second kappa shape index (κ2) is 5.42. The highest BCUT2D eigenvalue weighted by molar-refractivity contribution is 7.16. The van der Waals surface area contributed by atoms with Gasteiger partial charge in [0.2, 0.25) is 5.95 Å². The van der Waals surface area contributed by atoms with Crippen molar-refractivity contribution in [2.24, 2.45) is 0 Å². The quantitative estimate of drug-likeness (QED) is 0.771. The molecule has 20 heavy (non-hydrogen) atoms. The molecule has 0 saturated carbocycles. The average Bonchev–Trinajstić information content (AvgIpc) is 2.93. The van der Waals surface area contributed by atoms with Crippen molar-refractivity contribution in [3.63, 3.8) is 0 Å². The highest BCUT2D eigenvalue weighted by atomic mass is 32.1. The van der Waals surface area contributed by atoms with Crippen molar-refractivity contribution in [3.8, 4) is 0 Å². The summed E-state index contributed by atoms with van der Waals surface area (Å²) < 4.78 is 0. The van der Waals surface area contributed by atoms with Gasteiger partial charge in [-0.3, -0.25) is 4.98 Å². The zero-order valence-corrected chi connectivity index (χ0v) is 12.2. The summed E-state index contributed by atoms with van der Waals surface area (Å²) in [5, 5.41) is 9.40. The van der Waals surface area contributed by atoms with Crippen LogP contribution >= 0.6 is 11.3 Å². The van der Waals surface area contributed by atoms with Crippen molar-refractivity contribution in [1.82, 2.24) is 15.0 Å². The van der Waals surface area contributed by atoms with Gasteiger partial charge < -0.3 is 10.6 Å². The second-order valence-corrected chi connectivity index (χ2v) is 5.30. The van der Waals surface area contributed by atoms with Crippen LogP contribution in [0.4, 0.5) is 11.8 Å². The van der Waals surface area contributed by atoms with Crippen LogP contribution in [0.25, 0.3) is 10.2 Å². The normalized spacial score (nSPS) is 10.7. The second-order valence-electron chi connectivity index (χ2n) is 4.41. The Bertz CT molecular complexity index is 737. The maximum atomic E-state index is 4.48. The van der Waals surface area contributed by atoms with Crippen LogP contribution in [-0.4, -0.2) is 22.0 Å². The van der Waals surface area contributed by atoms with Crippen LogP contribution in [0.1, 0.15) is 11.4 Å². The number of thiophene rings is 1. The van der Waals surface area contributed by atoms with E-state index in [1.807, 2.05) is 43.6 Å². The molecule has 0 aliphatic rings. The third-order valence-corrected chi connectivity index (χ3v) is 3.74. The van der Waals surface area contributed by atoms with Gasteiger partial charge in [0.1, 0.15) is 10.6 Å². The van der Waals surface area contributed by atoms with Crippen LogP contribution in [0.2, 0.25) is 0 Å². The van der Waals surface area contributed by atoms with Crippen LogP contribution < -0.4 is 10.6 Å². The lowest BCUT2D eigenvalue weighted by atomic mass is 10.3. The van der Waals surface area contributed by atoms with Crippen molar-refractivity contribution >= 4 is 33.3 Å². The van der Waals surface area contributed by atoms with E-state index < -0.39 is 0 Å². The standard InChI is InChI=1S/C14H15N5S/c1-9-4-3-5-10(17-9)8-16-12-11-6-7-20-13(11)19-14(15-2)18-12/h3-7H,8H2,1-2H3,(H2,15,16,18,19). The smallest absolute Gasteiger partial charge is 0.225 e. The first-order valence-corrected chi connectivity index (χ1v) is 7.23. The zero-order chi connectivity index (χ0) is 13.9. The number of hydrogen-bond donors (Lipinski definition) is 2. The topological polar surface area (TPSA) is 62.7 Å². The Morgan fingerprint density at radius 1 is 1.15 bits per heavy atom. The van der Waals surface area contributed by atoms with Crippen LogP contribution in [0.15, 0.2) is 29.6 Å². The van der Waals surface area contributed by atoms with Gasteiger partial charge in [0, 0.05) is 12.7 Å². The van der Waals surface area contributed by atoms with Crippen LogP contribution in [-0.2, 0) is 6.54 Å². The highest BCUT2D eigenvalue weighted by Gasteiger charge is 2.08. The number of anilines is 2. The van der Waals surface area contributed by atoms with Gasteiger partial charge in [-0.05, 0) is 30.5 Å². The van der Waals surface area contributed by atoms with Crippen molar-refractivity contribution in [2.45, 2.75) is 13.5 Å². The molecule has 6 heteroatoms. The lowest BCUT2D eigenvalue weighted by Crippen LogP contribution is -2.06. The number of rotatable bonds is 4. The largest absolute Gasteiger partial charge is 0.364 e. The third kappa shape index (κ3) is 2.55. The SMILES string of the molecule is CNc1nc(NCc2cccc(C)n2)c2ccsc2n1. The molecule has 5 nitrogen and oxygen atoms in total. The van der Waals surface area contributed by atoms with E-state index in [0.29, 0.717) is 12.5 Å². The molecule has 0 aliphatic carbocycles. The molecule has 3 rings (SSSR count). The summed E-state index contributed by atoms with van der Waals surface area (Å²) >= 11 is 1.61. The van der Waals surface area contributed by atoms with Gasteiger partial charge in [0.05, 0.1) is 17.6 Å². The van der Waals surface area contributed by atoms with Gasteiger partial charge in [0.15, 0.2) is 0 Å². The number of nitrogens with one attached hydrogen (secondary N) is 2. The molecular formula is C14H15N5S. The molecule has 0 bridgehead atoms. The van der Waals surface area contributed by atoms with E-state index in [2.05, 4.69) is 25.6 Å². The predicted molar refractivity (Wildman–Crippen MR) is 83.3 cm³/mol. The Labute approximate surface area is 121 Å². The summed E-state index contributed by atoms with van der Waals surface area (Å²) in [6.07, 6.45) is 0. The number of hydrogen-bond acceptors (Lipinski definition) is 6. The number of aryl methyl sites for hydroxylation is 1. The zero-order valence-electron chi connectivity index (χ0n) is 11.3. The molecule has 0 amide bonds. The molecule has 3 aromatic rings. The fourth-order valence-corrected chi connectivity index (χ4v) is 2.74. The Morgan fingerprint density at radius 2 is 2.05 bits per heavy atom. The summed E-state index contributed by atoms with van der Waals surface area (Å²) in [4.78, 5) is 14.4. The van der Waals surface area contributed by atoms with Crippen molar-refractivity contribution < 1.29 is 0 Å². The number of pyridine rings is 1. The fraction of sp³-hybridized carbons (Fsp3) is 0.214. The minimum atomic E-state index is 0.625. The highest BCUT2D eigenvalue weighted by Crippen LogP contribution is 2.26. The molecular weight excluding hydrogens is 270 g/mol. The number of aromatic nitrogens is 3. The van der Waals surface area contributed by atoms with E-state index in [1.165, 1.54) is 0 Å². The Morgan fingerprint density at radius 3 is 2.85 bits per heavy atom. The van der Waals surface area contributed by atoms with E-state index in [9.17, 15) is 0 Å². The molecule has 0 spiro atoms. The molecule has 0 fully saturated rings. The van der Waals surface area contributed by atoms with Crippen LogP contribution in [0.5, 0.6) is 0 Å². The van der Waals surface area contributed by atoms with E-state index in [0.717, 1.165) is 27.4 Å². The molecule has 3 aromatic heterocycles. The molecule has 0 atom stereocenters. The summed E-state index contributed by atoms with van der Waals surface area (Å²) in [5.41, 5.74) is 2.02. The maximum absolute atomic E-state index is 4.48. The van der Waals surface area contributed by atoms with E-state index in [4.69, 9.17) is 0 Å². The van der Waals surface area contributed by atoms with Crippen molar-refractivity contribution in [1.29, 1.82) is 0 Å². The fourth-order valence-electron chi connectivity index (χ4n) is 1.97. The van der Waals surface area contributed by atoms with E-state index >= 15 is 0 Å². The lowest BCUT2D eigenvalue weighted by Gasteiger charge is -2.08. The predicted octanol–water partition coefficient (Wildman–Crippen LogP) is 3.05. The first-order chi connectivity index (χ1) is 9.76. The van der Waals surface area contributed by atoms with Crippen LogP contribution in [0, 0.1) is 6.92 Å². The van der Waals surface area contributed by atoms with Gasteiger partial charge in [0.25, 0.3) is 0 Å². The van der Waals surface area contributed by atoms with Gasteiger partial charge in [-0.25, -0.2) is 4.98 Å². The number of nitrogens with zero attached hydrogens (tertiary/aromatic N) is 3. The first kappa shape index (κ1) is 12.8. The van der Waals surface area contributed by atoms with Crippen molar-refractivity contribution in [2.75, 3.05) is 17.7 Å². The minimum absolute atomic E-state index is 0.625. The molecule has 0 aromatic carbocycles. The van der Waals surface area contributed by atoms with Gasteiger partial charge in [-0.15, -0.1) is 11.3 Å². The summed E-state index contributed by atoms with van der Waals surface area (Å²) in [6.45, 7) is 2.64. The molecule has 0 saturated heterocycles. The van der Waals surface area contributed by atoms with Crippen molar-refractivity contribution in [3.05, 3.63) is 41.0 Å². The lowest BCUT2D eigenvalue weighted by molar-refractivity contribution is 1.00. The first-order valence-electron chi connectivity index (χ1n) is 6.35. The van der Waals surface area contributed by atoms with Crippen LogP contribution in [0.3, 0.4) is 0 Å². The number of fused-ring (bicyclic) bond motifs is 1. The average molecular weight is 285 g/mol. The molecule has 0 unspecified atom stereocenters. The maximum Gasteiger partial charge on any atom is 0.225 e. The van der Waals surface area contributed by atoms with Gasteiger partial charge in [-0.1, -0.05) is 6.07 Å². The third-order valence-electron chi connectivity index (χ3n) is 2.93. The molecule has 3 heterocycles. The Hall–Kier alpha value is -2.21. The van der Waals surface area contributed by atoms with Gasteiger partial charge >= 0.3 is 0 Å². The Balaban J connectivity index is 1.88. The molecule has 0 radical (unpaired) electrons. The van der Waals surface area contributed by atoms with Gasteiger partial charge in [-0.2, -0.15) is 4.98 Å². The Kier molecular flexibility index (Phi) is 3.47.